The highest BCUT2D eigenvalue weighted by Crippen LogP contribution is 2.24. The average Bonchev–Trinajstić information content (AvgIpc) is 2.99. The summed E-state index contributed by atoms with van der Waals surface area (Å²) < 4.78 is 0. The normalized spacial score (nSPS) is 15.1. The van der Waals surface area contributed by atoms with Crippen LogP contribution in [0.3, 0.4) is 0 Å². The molecule has 1 aromatic carbocycles. The Bertz CT molecular complexity index is 578. The number of carbonyl (C=O) groups is 1. The minimum atomic E-state index is -0.351. The van der Waals surface area contributed by atoms with Crippen molar-refractivity contribution in [3.05, 3.63) is 34.9 Å². The van der Waals surface area contributed by atoms with Gasteiger partial charge in [-0.05, 0) is 49.1 Å². The van der Waals surface area contributed by atoms with Crippen LogP contribution in [-0.2, 0) is 4.79 Å². The number of aryl methyl sites for hydroxylation is 1. The minimum absolute atomic E-state index is 0.129. The van der Waals surface area contributed by atoms with Gasteiger partial charge in [0.2, 0.25) is 0 Å². The van der Waals surface area contributed by atoms with Gasteiger partial charge in [0.25, 0.3) is 5.91 Å². The van der Waals surface area contributed by atoms with E-state index in [1.807, 2.05) is 19.1 Å². The van der Waals surface area contributed by atoms with Crippen molar-refractivity contribution in [2.24, 2.45) is 0 Å². The monoisotopic (exact) mass is 269 g/mol. The van der Waals surface area contributed by atoms with Crippen molar-refractivity contribution < 1.29 is 4.79 Å². The molecular weight excluding hydrogens is 250 g/mol. The summed E-state index contributed by atoms with van der Waals surface area (Å²) in [5.41, 5.74) is 3.33. The number of carbonyl (C=O) groups excluding carboxylic acids is 1. The number of amides is 1. The highest BCUT2D eigenvalue weighted by atomic mass is 16.1. The van der Waals surface area contributed by atoms with Gasteiger partial charge in [0, 0.05) is 25.8 Å². The Morgan fingerprint density at radius 1 is 1.40 bits per heavy atom. The molecule has 104 valence electrons. The zero-order valence-electron chi connectivity index (χ0n) is 11.9. The van der Waals surface area contributed by atoms with Crippen molar-refractivity contribution in [1.29, 1.82) is 5.26 Å². The van der Waals surface area contributed by atoms with Gasteiger partial charge in [-0.25, -0.2) is 0 Å². The van der Waals surface area contributed by atoms with Crippen LogP contribution in [0.1, 0.15) is 24.0 Å². The molecule has 1 aliphatic rings. The maximum Gasteiger partial charge on any atom is 0.261 e. The van der Waals surface area contributed by atoms with Crippen molar-refractivity contribution in [1.82, 2.24) is 5.32 Å². The highest BCUT2D eigenvalue weighted by molar-refractivity contribution is 6.01. The van der Waals surface area contributed by atoms with Crippen LogP contribution >= 0.6 is 0 Å². The predicted octanol–water partition coefficient (Wildman–Crippen LogP) is 2.25. The lowest BCUT2D eigenvalue weighted by atomic mass is 10.0. The van der Waals surface area contributed by atoms with Crippen molar-refractivity contribution in [3.8, 4) is 6.07 Å². The highest BCUT2D eigenvalue weighted by Gasteiger charge is 2.13. The second-order valence-corrected chi connectivity index (χ2v) is 4.98. The molecule has 0 atom stereocenters. The van der Waals surface area contributed by atoms with Crippen LogP contribution < -0.4 is 10.2 Å². The van der Waals surface area contributed by atoms with E-state index in [4.69, 9.17) is 5.26 Å². The molecule has 4 heteroatoms. The number of nitrogens with one attached hydrogen (secondary N) is 1. The fourth-order valence-corrected chi connectivity index (χ4v) is 2.43. The van der Waals surface area contributed by atoms with Crippen LogP contribution in [0.25, 0.3) is 6.08 Å². The number of rotatable bonds is 3. The third kappa shape index (κ3) is 3.00. The van der Waals surface area contributed by atoms with Gasteiger partial charge in [0.1, 0.15) is 11.6 Å². The van der Waals surface area contributed by atoms with E-state index in [1.165, 1.54) is 25.6 Å². The summed E-state index contributed by atoms with van der Waals surface area (Å²) in [5, 5.41) is 11.5. The molecule has 20 heavy (non-hydrogen) atoms. The van der Waals surface area contributed by atoms with Crippen molar-refractivity contribution in [3.63, 3.8) is 0 Å². The Morgan fingerprint density at radius 3 is 2.65 bits per heavy atom. The molecule has 4 nitrogen and oxygen atoms in total. The van der Waals surface area contributed by atoms with E-state index < -0.39 is 0 Å². The molecule has 1 fully saturated rings. The summed E-state index contributed by atoms with van der Waals surface area (Å²) in [4.78, 5) is 13.9. The maximum atomic E-state index is 11.5. The number of nitriles is 1. The van der Waals surface area contributed by atoms with E-state index in [0.29, 0.717) is 0 Å². The molecule has 1 heterocycles. The molecular formula is C16H19N3O. The number of likely N-dealkylation sites (N-methyl/N-ethyl adjacent to an activating group) is 1. The van der Waals surface area contributed by atoms with Crippen LogP contribution in [0.4, 0.5) is 5.69 Å². The van der Waals surface area contributed by atoms with Crippen LogP contribution in [0.2, 0.25) is 0 Å². The van der Waals surface area contributed by atoms with E-state index in [-0.39, 0.29) is 11.5 Å². The lowest BCUT2D eigenvalue weighted by molar-refractivity contribution is -0.116. The zero-order chi connectivity index (χ0) is 14.5. The second-order valence-electron chi connectivity index (χ2n) is 4.98. The Morgan fingerprint density at radius 2 is 2.10 bits per heavy atom. The molecule has 1 aliphatic heterocycles. The molecule has 1 N–H and O–H groups in total. The maximum absolute atomic E-state index is 11.5. The first kappa shape index (κ1) is 14.1. The van der Waals surface area contributed by atoms with Crippen molar-refractivity contribution in [2.45, 2.75) is 19.8 Å². The quantitative estimate of drug-likeness (QED) is 0.676. The Balaban J connectivity index is 2.27. The van der Waals surface area contributed by atoms with E-state index >= 15 is 0 Å². The SMILES string of the molecule is CNC(=O)/C(C#N)=C\c1ccc(N2CCCC2)cc1C. The average molecular weight is 269 g/mol. The van der Waals surface area contributed by atoms with Crippen LogP contribution in [0.5, 0.6) is 0 Å². The third-order valence-electron chi connectivity index (χ3n) is 3.62. The largest absolute Gasteiger partial charge is 0.372 e. The molecule has 1 aromatic rings. The summed E-state index contributed by atoms with van der Waals surface area (Å²) in [6, 6.07) is 8.09. The fraction of sp³-hybridized carbons (Fsp3) is 0.375. The van der Waals surface area contributed by atoms with Crippen LogP contribution in [-0.4, -0.2) is 26.0 Å². The molecule has 0 saturated carbocycles. The molecule has 0 radical (unpaired) electrons. The van der Waals surface area contributed by atoms with Gasteiger partial charge < -0.3 is 10.2 Å². The van der Waals surface area contributed by atoms with Gasteiger partial charge in [0.05, 0.1) is 0 Å². The van der Waals surface area contributed by atoms with E-state index in [0.717, 1.165) is 24.2 Å². The summed E-state index contributed by atoms with van der Waals surface area (Å²) in [6.07, 6.45) is 4.13. The molecule has 0 aromatic heterocycles. The van der Waals surface area contributed by atoms with Crippen LogP contribution in [0, 0.1) is 18.3 Å². The summed E-state index contributed by atoms with van der Waals surface area (Å²) >= 11 is 0. The van der Waals surface area contributed by atoms with Gasteiger partial charge in [0.15, 0.2) is 0 Å². The van der Waals surface area contributed by atoms with Gasteiger partial charge in [-0.15, -0.1) is 0 Å². The summed E-state index contributed by atoms with van der Waals surface area (Å²) in [6.45, 7) is 4.22. The smallest absolute Gasteiger partial charge is 0.261 e. The topological polar surface area (TPSA) is 56.1 Å². The van der Waals surface area contributed by atoms with Crippen LogP contribution in [0.15, 0.2) is 23.8 Å². The van der Waals surface area contributed by atoms with E-state index in [2.05, 4.69) is 22.3 Å². The van der Waals surface area contributed by atoms with Gasteiger partial charge in [-0.2, -0.15) is 5.26 Å². The Hall–Kier alpha value is -2.28. The molecule has 1 saturated heterocycles. The molecule has 0 aliphatic carbocycles. The van der Waals surface area contributed by atoms with E-state index in [1.54, 1.807) is 6.08 Å². The zero-order valence-corrected chi connectivity index (χ0v) is 11.9. The number of hydrogen-bond donors (Lipinski definition) is 1. The third-order valence-corrected chi connectivity index (χ3v) is 3.62. The first-order valence-corrected chi connectivity index (χ1v) is 6.85. The van der Waals surface area contributed by atoms with Gasteiger partial charge in [-0.3, -0.25) is 4.79 Å². The number of anilines is 1. The lowest BCUT2D eigenvalue weighted by Gasteiger charge is -2.18. The number of hydrogen-bond acceptors (Lipinski definition) is 3. The molecule has 0 unspecified atom stereocenters. The standard InChI is InChI=1S/C16H19N3O/c1-12-9-15(19-7-3-4-8-19)6-5-13(12)10-14(11-17)16(20)18-2/h5-6,9-10H,3-4,7-8H2,1-2H3,(H,18,20)/b14-10-. The molecule has 0 spiro atoms. The van der Waals surface area contributed by atoms with Crippen molar-refractivity contribution in [2.75, 3.05) is 25.0 Å². The Kier molecular flexibility index (Phi) is 4.41. The summed E-state index contributed by atoms with van der Waals surface area (Å²) in [7, 11) is 1.52. The fourth-order valence-electron chi connectivity index (χ4n) is 2.43. The van der Waals surface area contributed by atoms with Crippen molar-refractivity contribution >= 4 is 17.7 Å². The minimum Gasteiger partial charge on any atom is -0.372 e. The van der Waals surface area contributed by atoms with E-state index in [9.17, 15) is 4.79 Å². The Labute approximate surface area is 119 Å². The first-order valence-electron chi connectivity index (χ1n) is 6.85. The molecule has 1 amide bonds. The second kappa shape index (κ2) is 6.25. The number of benzene rings is 1. The molecule has 0 bridgehead atoms. The van der Waals surface area contributed by atoms with Gasteiger partial charge in [-0.1, -0.05) is 6.07 Å². The molecule has 2 rings (SSSR count). The number of nitrogens with zero attached hydrogens (tertiary/aromatic N) is 2. The summed E-state index contributed by atoms with van der Waals surface area (Å²) in [5.74, 6) is -0.351. The predicted molar refractivity (Wildman–Crippen MR) is 80.3 cm³/mol. The first-order chi connectivity index (χ1) is 9.65. The van der Waals surface area contributed by atoms with Gasteiger partial charge >= 0.3 is 0 Å². The lowest BCUT2D eigenvalue weighted by Crippen LogP contribution is -2.19.